The lowest BCUT2D eigenvalue weighted by Crippen LogP contribution is -2.62. The van der Waals surface area contributed by atoms with E-state index >= 15 is 0 Å². The molecule has 0 spiro atoms. The molecule has 1 aromatic heterocycles. The topological polar surface area (TPSA) is 93.8 Å². The molecule has 0 unspecified atom stereocenters. The molecule has 9 heteroatoms. The summed E-state index contributed by atoms with van der Waals surface area (Å²) in [7, 11) is -2.01. The zero-order chi connectivity index (χ0) is 17.6. The molecule has 4 rings (SSSR count). The summed E-state index contributed by atoms with van der Waals surface area (Å²) < 4.78 is 38.7. The second-order valence-corrected chi connectivity index (χ2v) is 8.57. The maximum absolute atomic E-state index is 12.8. The number of hydrogen-bond acceptors (Lipinski definition) is 6. The maximum Gasteiger partial charge on any atom is 0.419 e. The van der Waals surface area contributed by atoms with Gasteiger partial charge in [-0.15, -0.1) is 0 Å². The normalized spacial score (nSPS) is 20.8. The summed E-state index contributed by atoms with van der Waals surface area (Å²) in [6, 6.07) is 5.09. The van der Waals surface area contributed by atoms with Crippen LogP contribution in [0.2, 0.25) is 0 Å². The van der Waals surface area contributed by atoms with Gasteiger partial charge in [0.1, 0.15) is 0 Å². The zero-order valence-corrected chi connectivity index (χ0v) is 14.8. The van der Waals surface area contributed by atoms with Gasteiger partial charge in [0, 0.05) is 45.4 Å². The SMILES string of the molecule is Cn1c(=O)oc2ccc(S(=O)(=O)N3CC(NC4CCOCC4)C3)cc21. The molecule has 2 aliphatic rings. The van der Waals surface area contributed by atoms with Crippen LogP contribution in [0.25, 0.3) is 11.1 Å². The van der Waals surface area contributed by atoms with Crippen LogP contribution in [0.1, 0.15) is 12.8 Å². The van der Waals surface area contributed by atoms with Crippen LogP contribution in [0, 0.1) is 0 Å². The van der Waals surface area contributed by atoms with Crippen molar-refractivity contribution in [2.45, 2.75) is 29.8 Å². The van der Waals surface area contributed by atoms with E-state index in [2.05, 4.69) is 5.32 Å². The Morgan fingerprint density at radius 1 is 1.16 bits per heavy atom. The summed E-state index contributed by atoms with van der Waals surface area (Å²) in [5, 5.41) is 3.50. The van der Waals surface area contributed by atoms with Crippen LogP contribution >= 0.6 is 0 Å². The monoisotopic (exact) mass is 367 g/mol. The van der Waals surface area contributed by atoms with E-state index in [-0.39, 0.29) is 10.9 Å². The molecule has 1 aromatic carbocycles. The number of nitrogens with one attached hydrogen (secondary N) is 1. The van der Waals surface area contributed by atoms with Gasteiger partial charge in [-0.25, -0.2) is 13.2 Å². The van der Waals surface area contributed by atoms with Crippen LogP contribution in [0.4, 0.5) is 0 Å². The molecule has 0 radical (unpaired) electrons. The molecule has 0 aliphatic carbocycles. The van der Waals surface area contributed by atoms with Crippen molar-refractivity contribution < 1.29 is 17.6 Å². The molecule has 25 heavy (non-hydrogen) atoms. The number of rotatable bonds is 4. The minimum Gasteiger partial charge on any atom is -0.408 e. The van der Waals surface area contributed by atoms with E-state index in [9.17, 15) is 13.2 Å². The predicted octanol–water partition coefficient (Wildman–Crippen LogP) is 0.273. The molecule has 0 bridgehead atoms. The van der Waals surface area contributed by atoms with E-state index in [0.29, 0.717) is 30.2 Å². The number of aryl methyl sites for hydroxylation is 1. The Labute approximate surface area is 145 Å². The molecule has 2 saturated heterocycles. The smallest absolute Gasteiger partial charge is 0.408 e. The van der Waals surface area contributed by atoms with Crippen molar-refractivity contribution in [3.8, 4) is 0 Å². The fourth-order valence-corrected chi connectivity index (χ4v) is 4.90. The van der Waals surface area contributed by atoms with Gasteiger partial charge in [-0.3, -0.25) is 4.57 Å². The molecular weight excluding hydrogens is 346 g/mol. The first-order chi connectivity index (χ1) is 11.9. The van der Waals surface area contributed by atoms with Gasteiger partial charge in [0.05, 0.1) is 10.4 Å². The Morgan fingerprint density at radius 3 is 2.60 bits per heavy atom. The number of hydrogen-bond donors (Lipinski definition) is 1. The highest BCUT2D eigenvalue weighted by molar-refractivity contribution is 7.89. The third-order valence-corrected chi connectivity index (χ3v) is 6.77. The van der Waals surface area contributed by atoms with Gasteiger partial charge < -0.3 is 14.5 Å². The Balaban J connectivity index is 1.47. The second kappa shape index (κ2) is 6.24. The number of nitrogens with zero attached hydrogens (tertiary/aromatic N) is 2. The molecule has 2 aliphatic heterocycles. The standard InChI is InChI=1S/C16H21N3O5S/c1-18-14-8-13(2-3-15(14)24-16(18)20)25(21,22)19-9-12(10-19)17-11-4-6-23-7-5-11/h2-3,8,11-12,17H,4-7,9-10H2,1H3. The molecule has 2 aromatic rings. The van der Waals surface area contributed by atoms with E-state index in [1.165, 1.54) is 27.1 Å². The Hall–Kier alpha value is -1.68. The highest BCUT2D eigenvalue weighted by Crippen LogP contribution is 2.25. The number of fused-ring (bicyclic) bond motifs is 1. The first-order valence-electron chi connectivity index (χ1n) is 8.39. The largest absolute Gasteiger partial charge is 0.419 e. The Kier molecular flexibility index (Phi) is 4.19. The number of sulfonamides is 1. The first-order valence-corrected chi connectivity index (χ1v) is 9.83. The summed E-state index contributed by atoms with van der Waals surface area (Å²) in [5.41, 5.74) is 0.859. The van der Waals surface area contributed by atoms with Gasteiger partial charge >= 0.3 is 5.76 Å². The van der Waals surface area contributed by atoms with Crippen LogP contribution in [-0.4, -0.2) is 55.7 Å². The fraction of sp³-hybridized carbons (Fsp3) is 0.562. The average molecular weight is 367 g/mol. The first kappa shape index (κ1) is 16.8. The van der Waals surface area contributed by atoms with E-state index < -0.39 is 15.8 Å². The van der Waals surface area contributed by atoms with Crippen molar-refractivity contribution in [3.05, 3.63) is 28.7 Å². The second-order valence-electron chi connectivity index (χ2n) is 6.63. The van der Waals surface area contributed by atoms with Crippen molar-refractivity contribution in [1.29, 1.82) is 0 Å². The molecule has 3 heterocycles. The van der Waals surface area contributed by atoms with Gasteiger partial charge in [-0.05, 0) is 31.0 Å². The molecule has 1 N–H and O–H groups in total. The Bertz CT molecular complexity index is 936. The van der Waals surface area contributed by atoms with E-state index in [1.54, 1.807) is 7.05 Å². The van der Waals surface area contributed by atoms with E-state index in [0.717, 1.165) is 26.1 Å². The summed E-state index contributed by atoms with van der Waals surface area (Å²) in [6.07, 6.45) is 1.93. The highest BCUT2D eigenvalue weighted by atomic mass is 32.2. The van der Waals surface area contributed by atoms with Crippen molar-refractivity contribution >= 4 is 21.1 Å². The van der Waals surface area contributed by atoms with Crippen molar-refractivity contribution in [3.63, 3.8) is 0 Å². The molecule has 0 amide bonds. The van der Waals surface area contributed by atoms with Crippen LogP contribution in [0.3, 0.4) is 0 Å². The third-order valence-electron chi connectivity index (χ3n) is 4.94. The van der Waals surface area contributed by atoms with Gasteiger partial charge in [0.2, 0.25) is 10.0 Å². The van der Waals surface area contributed by atoms with E-state index in [4.69, 9.17) is 9.15 Å². The van der Waals surface area contributed by atoms with Crippen LogP contribution in [0.5, 0.6) is 0 Å². The number of ether oxygens (including phenoxy) is 1. The molecule has 0 atom stereocenters. The molecule has 136 valence electrons. The Morgan fingerprint density at radius 2 is 1.88 bits per heavy atom. The van der Waals surface area contributed by atoms with Crippen LogP contribution < -0.4 is 11.1 Å². The lowest BCUT2D eigenvalue weighted by atomic mass is 10.1. The van der Waals surface area contributed by atoms with Crippen LogP contribution in [0.15, 0.2) is 32.3 Å². The molecule has 8 nitrogen and oxygen atoms in total. The van der Waals surface area contributed by atoms with Gasteiger partial charge in [-0.1, -0.05) is 0 Å². The van der Waals surface area contributed by atoms with Gasteiger partial charge in [0.15, 0.2) is 5.58 Å². The van der Waals surface area contributed by atoms with Crippen LogP contribution in [-0.2, 0) is 21.8 Å². The minimum absolute atomic E-state index is 0.180. The predicted molar refractivity (Wildman–Crippen MR) is 91.0 cm³/mol. The van der Waals surface area contributed by atoms with Crippen molar-refractivity contribution in [1.82, 2.24) is 14.2 Å². The summed E-state index contributed by atoms with van der Waals surface area (Å²) in [6.45, 7) is 2.44. The fourth-order valence-electron chi connectivity index (χ4n) is 3.35. The number of oxazole rings is 1. The van der Waals surface area contributed by atoms with Gasteiger partial charge in [0.25, 0.3) is 0 Å². The molecule has 2 fully saturated rings. The average Bonchev–Trinajstić information content (AvgIpc) is 2.85. The minimum atomic E-state index is -3.56. The summed E-state index contributed by atoms with van der Waals surface area (Å²) >= 11 is 0. The van der Waals surface area contributed by atoms with Gasteiger partial charge in [-0.2, -0.15) is 4.31 Å². The number of aromatic nitrogens is 1. The lowest BCUT2D eigenvalue weighted by Gasteiger charge is -2.41. The number of benzene rings is 1. The van der Waals surface area contributed by atoms with E-state index in [1.807, 2.05) is 0 Å². The molecule has 0 saturated carbocycles. The quantitative estimate of drug-likeness (QED) is 0.834. The van der Waals surface area contributed by atoms with Crippen molar-refractivity contribution in [2.24, 2.45) is 7.05 Å². The lowest BCUT2D eigenvalue weighted by molar-refractivity contribution is 0.0678. The molecular formula is C16H21N3O5S. The summed E-state index contributed by atoms with van der Waals surface area (Å²) in [4.78, 5) is 11.7. The maximum atomic E-state index is 12.8. The summed E-state index contributed by atoms with van der Waals surface area (Å²) in [5.74, 6) is -0.505. The third kappa shape index (κ3) is 3.01. The van der Waals surface area contributed by atoms with Crippen molar-refractivity contribution in [2.75, 3.05) is 26.3 Å². The zero-order valence-electron chi connectivity index (χ0n) is 14.0. The highest BCUT2D eigenvalue weighted by Gasteiger charge is 2.37.